The molecule has 0 aliphatic carbocycles. The van der Waals surface area contributed by atoms with Crippen LogP contribution in [0.5, 0.6) is 0 Å². The molecule has 118 valence electrons. The fourth-order valence-electron chi connectivity index (χ4n) is 2.18. The van der Waals surface area contributed by atoms with Gasteiger partial charge in [-0.1, -0.05) is 19.8 Å². The molecule has 0 radical (unpaired) electrons. The first-order valence-electron chi connectivity index (χ1n) is 7.33. The molecule has 1 unspecified atom stereocenters. The molecule has 4 N–H and O–H groups in total. The number of carboxylic acids is 1. The molecule has 0 spiro atoms. The van der Waals surface area contributed by atoms with Crippen LogP contribution in [0.1, 0.15) is 44.9 Å². The SMILES string of the molecule is CCCC(CCNC(=O)NCc1ncc[nH]1)CCC(=O)O. The topological polar surface area (TPSA) is 107 Å². The number of amides is 2. The molecule has 1 heterocycles. The summed E-state index contributed by atoms with van der Waals surface area (Å²) in [6.07, 6.45) is 7.00. The second-order valence-electron chi connectivity index (χ2n) is 5.02. The first kappa shape index (κ1) is 17.0. The van der Waals surface area contributed by atoms with Gasteiger partial charge in [-0.3, -0.25) is 4.79 Å². The Morgan fingerprint density at radius 1 is 1.33 bits per heavy atom. The van der Waals surface area contributed by atoms with E-state index < -0.39 is 5.97 Å². The zero-order valence-corrected chi connectivity index (χ0v) is 12.4. The van der Waals surface area contributed by atoms with Crippen molar-refractivity contribution in [3.63, 3.8) is 0 Å². The molecule has 0 saturated carbocycles. The number of rotatable bonds is 10. The lowest BCUT2D eigenvalue weighted by molar-refractivity contribution is -0.137. The number of aromatic nitrogens is 2. The number of urea groups is 1. The highest BCUT2D eigenvalue weighted by Crippen LogP contribution is 2.17. The summed E-state index contributed by atoms with van der Waals surface area (Å²) >= 11 is 0. The van der Waals surface area contributed by atoms with Crippen LogP contribution in [0.4, 0.5) is 4.79 Å². The molecule has 0 fully saturated rings. The Morgan fingerprint density at radius 2 is 2.14 bits per heavy atom. The third kappa shape index (κ3) is 7.96. The van der Waals surface area contributed by atoms with Gasteiger partial charge in [0.05, 0.1) is 6.54 Å². The molecular formula is C14H24N4O3. The minimum atomic E-state index is -0.764. The smallest absolute Gasteiger partial charge is 0.315 e. The molecule has 0 aliphatic rings. The number of carbonyl (C=O) groups is 2. The quantitative estimate of drug-likeness (QED) is 0.528. The van der Waals surface area contributed by atoms with Crippen LogP contribution in [0, 0.1) is 5.92 Å². The Kier molecular flexibility index (Phi) is 7.93. The van der Waals surface area contributed by atoms with E-state index in [-0.39, 0.29) is 12.5 Å². The maximum atomic E-state index is 11.6. The summed E-state index contributed by atoms with van der Waals surface area (Å²) in [6, 6.07) is -0.236. The third-order valence-electron chi connectivity index (χ3n) is 3.27. The average molecular weight is 296 g/mol. The number of nitrogens with one attached hydrogen (secondary N) is 3. The van der Waals surface area contributed by atoms with E-state index in [1.54, 1.807) is 12.4 Å². The van der Waals surface area contributed by atoms with Crippen LogP contribution in [0.2, 0.25) is 0 Å². The third-order valence-corrected chi connectivity index (χ3v) is 3.27. The molecule has 1 rings (SSSR count). The van der Waals surface area contributed by atoms with E-state index in [0.29, 0.717) is 31.3 Å². The molecular weight excluding hydrogens is 272 g/mol. The molecule has 7 nitrogen and oxygen atoms in total. The Hall–Kier alpha value is -2.05. The molecule has 7 heteroatoms. The molecule has 2 amide bonds. The van der Waals surface area contributed by atoms with Crippen molar-refractivity contribution in [1.29, 1.82) is 0 Å². The van der Waals surface area contributed by atoms with Crippen molar-refractivity contribution in [3.8, 4) is 0 Å². The number of carboxylic acid groups (broad SMARTS) is 1. The summed E-state index contributed by atoms with van der Waals surface area (Å²) in [4.78, 5) is 29.1. The number of nitrogens with zero attached hydrogens (tertiary/aromatic N) is 1. The van der Waals surface area contributed by atoms with Gasteiger partial charge >= 0.3 is 12.0 Å². The van der Waals surface area contributed by atoms with Crippen LogP contribution in [-0.4, -0.2) is 33.6 Å². The highest BCUT2D eigenvalue weighted by molar-refractivity contribution is 5.73. The highest BCUT2D eigenvalue weighted by Gasteiger charge is 2.10. The number of aliphatic carboxylic acids is 1. The molecule has 21 heavy (non-hydrogen) atoms. The fourth-order valence-corrected chi connectivity index (χ4v) is 2.18. The first-order valence-corrected chi connectivity index (χ1v) is 7.33. The molecule has 0 aliphatic heterocycles. The van der Waals surface area contributed by atoms with E-state index in [1.807, 2.05) is 0 Å². The molecule has 1 aromatic heterocycles. The Balaban J connectivity index is 2.16. The van der Waals surface area contributed by atoms with Crippen molar-refractivity contribution in [3.05, 3.63) is 18.2 Å². The second-order valence-corrected chi connectivity index (χ2v) is 5.02. The molecule has 0 aromatic carbocycles. The molecule has 0 bridgehead atoms. The van der Waals surface area contributed by atoms with Gasteiger partial charge in [0, 0.05) is 25.4 Å². The fraction of sp³-hybridized carbons (Fsp3) is 0.643. The molecule has 1 aromatic rings. The van der Waals surface area contributed by atoms with Crippen LogP contribution in [-0.2, 0) is 11.3 Å². The van der Waals surface area contributed by atoms with Crippen LogP contribution < -0.4 is 10.6 Å². The standard InChI is InChI=1S/C14H24N4O3/c1-2-3-11(4-5-13(19)20)6-7-17-14(21)18-10-12-15-8-9-16-12/h8-9,11H,2-7,10H2,1H3,(H,15,16)(H,19,20)(H2,17,18,21). The normalized spacial score (nSPS) is 11.9. The van der Waals surface area contributed by atoms with Crippen LogP contribution in [0.25, 0.3) is 0 Å². The van der Waals surface area contributed by atoms with E-state index in [2.05, 4.69) is 27.5 Å². The number of aromatic amines is 1. The summed E-state index contributed by atoms with van der Waals surface area (Å²) in [5.41, 5.74) is 0. The van der Waals surface area contributed by atoms with E-state index in [4.69, 9.17) is 5.11 Å². The number of H-pyrrole nitrogens is 1. The van der Waals surface area contributed by atoms with Gasteiger partial charge in [0.1, 0.15) is 5.82 Å². The zero-order chi connectivity index (χ0) is 15.5. The maximum Gasteiger partial charge on any atom is 0.315 e. The summed E-state index contributed by atoms with van der Waals surface area (Å²) in [7, 11) is 0. The number of hydrogen-bond donors (Lipinski definition) is 4. The van der Waals surface area contributed by atoms with Gasteiger partial charge in [-0.2, -0.15) is 0 Å². The van der Waals surface area contributed by atoms with Gasteiger partial charge in [0.2, 0.25) is 0 Å². The minimum absolute atomic E-state index is 0.190. The maximum absolute atomic E-state index is 11.6. The summed E-state index contributed by atoms with van der Waals surface area (Å²) in [6.45, 7) is 2.99. The van der Waals surface area contributed by atoms with Crippen LogP contribution in [0.15, 0.2) is 12.4 Å². The monoisotopic (exact) mass is 296 g/mol. The van der Waals surface area contributed by atoms with Crippen molar-refractivity contribution in [2.24, 2.45) is 5.92 Å². The molecule has 0 saturated heterocycles. The first-order chi connectivity index (χ1) is 10.1. The summed E-state index contributed by atoms with van der Waals surface area (Å²) in [5.74, 6) is 0.284. The summed E-state index contributed by atoms with van der Waals surface area (Å²) in [5, 5.41) is 14.2. The van der Waals surface area contributed by atoms with Gasteiger partial charge < -0.3 is 20.7 Å². The minimum Gasteiger partial charge on any atom is -0.481 e. The number of carbonyl (C=O) groups excluding carboxylic acids is 1. The summed E-state index contributed by atoms with van der Waals surface area (Å²) < 4.78 is 0. The van der Waals surface area contributed by atoms with Gasteiger partial charge in [0.15, 0.2) is 0 Å². The predicted octanol–water partition coefficient (Wildman–Crippen LogP) is 1.88. The predicted molar refractivity (Wildman–Crippen MR) is 78.7 cm³/mol. The van der Waals surface area contributed by atoms with Gasteiger partial charge in [-0.25, -0.2) is 9.78 Å². The van der Waals surface area contributed by atoms with Crippen LogP contribution >= 0.6 is 0 Å². The lowest BCUT2D eigenvalue weighted by atomic mass is 9.94. The number of imidazole rings is 1. The van der Waals surface area contributed by atoms with Gasteiger partial charge in [0.25, 0.3) is 0 Å². The van der Waals surface area contributed by atoms with Gasteiger partial charge in [-0.15, -0.1) is 0 Å². The lowest BCUT2D eigenvalue weighted by Crippen LogP contribution is -2.36. The van der Waals surface area contributed by atoms with Crippen molar-refractivity contribution in [2.45, 2.75) is 45.6 Å². The lowest BCUT2D eigenvalue weighted by Gasteiger charge is -2.15. The van der Waals surface area contributed by atoms with E-state index in [0.717, 1.165) is 19.3 Å². The molecule has 1 atom stereocenters. The van der Waals surface area contributed by atoms with E-state index in [9.17, 15) is 9.59 Å². The average Bonchev–Trinajstić information content (AvgIpc) is 2.95. The van der Waals surface area contributed by atoms with E-state index >= 15 is 0 Å². The number of hydrogen-bond acceptors (Lipinski definition) is 3. The van der Waals surface area contributed by atoms with Crippen molar-refractivity contribution in [1.82, 2.24) is 20.6 Å². The Morgan fingerprint density at radius 3 is 2.76 bits per heavy atom. The highest BCUT2D eigenvalue weighted by atomic mass is 16.4. The second kappa shape index (κ2) is 9.79. The Labute approximate surface area is 124 Å². The van der Waals surface area contributed by atoms with Gasteiger partial charge in [-0.05, 0) is 18.8 Å². The zero-order valence-electron chi connectivity index (χ0n) is 12.4. The largest absolute Gasteiger partial charge is 0.481 e. The van der Waals surface area contributed by atoms with Crippen molar-refractivity contribution in [2.75, 3.05) is 6.54 Å². The van der Waals surface area contributed by atoms with Crippen molar-refractivity contribution < 1.29 is 14.7 Å². The Bertz CT molecular complexity index is 420. The van der Waals surface area contributed by atoms with Crippen molar-refractivity contribution >= 4 is 12.0 Å². The van der Waals surface area contributed by atoms with E-state index in [1.165, 1.54) is 0 Å². The van der Waals surface area contributed by atoms with Crippen LogP contribution in [0.3, 0.4) is 0 Å².